The fourth-order valence-corrected chi connectivity index (χ4v) is 4.07. The lowest BCUT2D eigenvalue weighted by Crippen LogP contribution is -2.46. The smallest absolute Gasteiger partial charge is 0.231 e. The monoisotopic (exact) mass is 333 g/mol. The van der Waals surface area contributed by atoms with Gasteiger partial charge in [0.2, 0.25) is 11.8 Å². The third-order valence-corrected chi connectivity index (χ3v) is 5.56. The third-order valence-electron chi connectivity index (χ3n) is 4.68. The van der Waals surface area contributed by atoms with Crippen molar-refractivity contribution in [3.8, 4) is 0 Å². The first-order valence-corrected chi connectivity index (χ1v) is 8.80. The molecule has 1 spiro atoms. The van der Waals surface area contributed by atoms with Crippen LogP contribution >= 0.6 is 11.3 Å². The van der Waals surface area contributed by atoms with E-state index in [0.717, 1.165) is 32.6 Å². The zero-order valence-electron chi connectivity index (χ0n) is 12.9. The Hall–Kier alpha value is -1.73. The SMILES string of the molecule is O=C1CC[C@]2(CCOC2)CN1Cc1noc(Cc2cccs2)n1. The fourth-order valence-electron chi connectivity index (χ4n) is 3.38. The molecular weight excluding hydrogens is 314 g/mol. The number of aromatic nitrogens is 2. The van der Waals surface area contributed by atoms with Crippen LogP contribution in [-0.4, -0.2) is 40.7 Å². The Morgan fingerprint density at radius 2 is 2.35 bits per heavy atom. The van der Waals surface area contributed by atoms with Crippen molar-refractivity contribution in [1.82, 2.24) is 15.0 Å². The predicted molar refractivity (Wildman–Crippen MR) is 83.9 cm³/mol. The van der Waals surface area contributed by atoms with Crippen LogP contribution in [0.5, 0.6) is 0 Å². The van der Waals surface area contributed by atoms with Crippen LogP contribution in [0.4, 0.5) is 0 Å². The molecule has 1 atom stereocenters. The largest absolute Gasteiger partial charge is 0.381 e. The summed E-state index contributed by atoms with van der Waals surface area (Å²) in [7, 11) is 0. The summed E-state index contributed by atoms with van der Waals surface area (Å²) in [5.74, 6) is 1.36. The maximum absolute atomic E-state index is 12.2. The summed E-state index contributed by atoms with van der Waals surface area (Å²) in [6.45, 7) is 2.72. The van der Waals surface area contributed by atoms with E-state index in [4.69, 9.17) is 9.26 Å². The van der Waals surface area contributed by atoms with E-state index in [1.54, 1.807) is 11.3 Å². The van der Waals surface area contributed by atoms with Crippen LogP contribution in [0.2, 0.25) is 0 Å². The first kappa shape index (κ1) is 14.8. The summed E-state index contributed by atoms with van der Waals surface area (Å²) in [4.78, 5) is 19.7. The highest BCUT2D eigenvalue weighted by Gasteiger charge is 2.41. The van der Waals surface area contributed by atoms with Gasteiger partial charge in [-0.2, -0.15) is 4.98 Å². The van der Waals surface area contributed by atoms with Gasteiger partial charge in [-0.05, 0) is 24.3 Å². The van der Waals surface area contributed by atoms with Crippen LogP contribution in [0, 0.1) is 5.41 Å². The molecule has 0 aromatic carbocycles. The molecule has 2 fully saturated rings. The Morgan fingerprint density at radius 3 is 3.13 bits per heavy atom. The quantitative estimate of drug-likeness (QED) is 0.858. The van der Waals surface area contributed by atoms with Crippen molar-refractivity contribution in [2.45, 2.75) is 32.2 Å². The Bertz CT molecular complexity index is 677. The lowest BCUT2D eigenvalue weighted by Gasteiger charge is -2.38. The lowest BCUT2D eigenvalue weighted by atomic mass is 9.79. The number of ether oxygens (including phenoxy) is 1. The number of likely N-dealkylation sites (tertiary alicyclic amines) is 1. The Kier molecular flexibility index (Phi) is 3.90. The highest BCUT2D eigenvalue weighted by molar-refractivity contribution is 7.09. The first-order chi connectivity index (χ1) is 11.2. The second-order valence-corrected chi connectivity index (χ2v) is 7.45. The molecular formula is C16H19N3O3S. The number of carbonyl (C=O) groups excluding carboxylic acids is 1. The van der Waals surface area contributed by atoms with Crippen LogP contribution in [0.1, 0.15) is 35.9 Å². The minimum absolute atomic E-state index is 0.136. The second kappa shape index (κ2) is 6.05. The molecule has 4 rings (SSSR count). The predicted octanol–water partition coefficient (Wildman–Crippen LogP) is 2.25. The number of carbonyl (C=O) groups is 1. The molecule has 122 valence electrons. The van der Waals surface area contributed by atoms with Crippen molar-refractivity contribution in [1.29, 1.82) is 0 Å². The maximum atomic E-state index is 12.2. The van der Waals surface area contributed by atoms with Gasteiger partial charge in [0.1, 0.15) is 0 Å². The highest BCUT2D eigenvalue weighted by atomic mass is 32.1. The van der Waals surface area contributed by atoms with Crippen molar-refractivity contribution in [3.05, 3.63) is 34.1 Å². The molecule has 6 nitrogen and oxygen atoms in total. The zero-order chi connectivity index (χ0) is 15.7. The van der Waals surface area contributed by atoms with E-state index in [1.807, 2.05) is 22.4 Å². The molecule has 0 N–H and O–H groups in total. The third kappa shape index (κ3) is 3.16. The standard InChI is InChI=1S/C16H19N3O3S/c20-15-3-4-16(5-6-21-11-16)10-19(15)9-13-17-14(22-18-13)8-12-2-1-7-23-12/h1-2,7H,3-6,8-11H2/t16-/m0/s1. The van der Waals surface area contributed by atoms with E-state index in [0.29, 0.717) is 31.1 Å². The van der Waals surface area contributed by atoms with E-state index < -0.39 is 0 Å². The van der Waals surface area contributed by atoms with Gasteiger partial charge in [0.05, 0.1) is 19.6 Å². The number of hydrogen-bond donors (Lipinski definition) is 0. The number of rotatable bonds is 4. The molecule has 0 bridgehead atoms. The molecule has 2 saturated heterocycles. The van der Waals surface area contributed by atoms with Gasteiger partial charge >= 0.3 is 0 Å². The number of piperidine rings is 1. The van der Waals surface area contributed by atoms with Crippen LogP contribution < -0.4 is 0 Å². The molecule has 0 unspecified atom stereocenters. The van der Waals surface area contributed by atoms with Crippen LogP contribution in [-0.2, 0) is 22.5 Å². The molecule has 1 amide bonds. The molecule has 2 aromatic heterocycles. The second-order valence-electron chi connectivity index (χ2n) is 6.41. The Balaban J connectivity index is 1.42. The molecule has 2 aliphatic rings. The highest BCUT2D eigenvalue weighted by Crippen LogP contribution is 2.38. The molecule has 23 heavy (non-hydrogen) atoms. The Morgan fingerprint density at radius 1 is 1.39 bits per heavy atom. The maximum Gasteiger partial charge on any atom is 0.231 e. The summed E-state index contributed by atoms with van der Waals surface area (Å²) in [6.07, 6.45) is 3.20. The first-order valence-electron chi connectivity index (χ1n) is 7.92. The molecule has 0 aliphatic carbocycles. The van der Waals surface area contributed by atoms with Crippen molar-refractivity contribution >= 4 is 17.2 Å². The Labute approximate surface area is 138 Å². The number of nitrogens with zero attached hydrogens (tertiary/aromatic N) is 3. The summed E-state index contributed by atoms with van der Waals surface area (Å²) in [6, 6.07) is 4.05. The summed E-state index contributed by atoms with van der Waals surface area (Å²) < 4.78 is 10.9. The van der Waals surface area contributed by atoms with Crippen molar-refractivity contribution in [2.75, 3.05) is 19.8 Å². The fraction of sp³-hybridized carbons (Fsp3) is 0.562. The van der Waals surface area contributed by atoms with Gasteiger partial charge in [0, 0.05) is 29.9 Å². The summed E-state index contributed by atoms with van der Waals surface area (Å²) in [5, 5.41) is 6.06. The van der Waals surface area contributed by atoms with Gasteiger partial charge in [0.15, 0.2) is 5.82 Å². The average Bonchev–Trinajstić information content (AvgIpc) is 3.28. The van der Waals surface area contributed by atoms with Gasteiger partial charge in [-0.3, -0.25) is 4.79 Å². The van der Waals surface area contributed by atoms with E-state index in [2.05, 4.69) is 10.1 Å². The number of amides is 1. The molecule has 0 saturated carbocycles. The van der Waals surface area contributed by atoms with Gasteiger partial charge in [-0.25, -0.2) is 0 Å². The van der Waals surface area contributed by atoms with Gasteiger partial charge in [0.25, 0.3) is 0 Å². The van der Waals surface area contributed by atoms with Crippen molar-refractivity contribution < 1.29 is 14.1 Å². The van der Waals surface area contributed by atoms with E-state index in [1.165, 1.54) is 4.88 Å². The minimum Gasteiger partial charge on any atom is -0.381 e. The normalized spacial score (nSPS) is 24.7. The van der Waals surface area contributed by atoms with Crippen LogP contribution in [0.15, 0.2) is 22.0 Å². The lowest BCUT2D eigenvalue weighted by molar-refractivity contribution is -0.138. The van der Waals surface area contributed by atoms with Gasteiger partial charge in [-0.15, -0.1) is 11.3 Å². The molecule has 0 radical (unpaired) electrons. The number of thiophene rings is 1. The van der Waals surface area contributed by atoms with Crippen molar-refractivity contribution in [2.24, 2.45) is 5.41 Å². The average molecular weight is 333 g/mol. The molecule has 7 heteroatoms. The van der Waals surface area contributed by atoms with Crippen LogP contribution in [0.3, 0.4) is 0 Å². The summed E-state index contributed by atoms with van der Waals surface area (Å²) in [5.41, 5.74) is 0.136. The van der Waals surface area contributed by atoms with Gasteiger partial charge < -0.3 is 14.2 Å². The van der Waals surface area contributed by atoms with E-state index in [-0.39, 0.29) is 11.3 Å². The summed E-state index contributed by atoms with van der Waals surface area (Å²) >= 11 is 1.67. The van der Waals surface area contributed by atoms with E-state index in [9.17, 15) is 4.79 Å². The number of hydrogen-bond acceptors (Lipinski definition) is 6. The van der Waals surface area contributed by atoms with Crippen molar-refractivity contribution in [3.63, 3.8) is 0 Å². The molecule has 2 aliphatic heterocycles. The van der Waals surface area contributed by atoms with Gasteiger partial charge in [-0.1, -0.05) is 11.2 Å². The zero-order valence-corrected chi connectivity index (χ0v) is 13.7. The molecule has 4 heterocycles. The van der Waals surface area contributed by atoms with E-state index >= 15 is 0 Å². The minimum atomic E-state index is 0.136. The molecule has 2 aromatic rings. The van der Waals surface area contributed by atoms with Crippen LogP contribution in [0.25, 0.3) is 0 Å². The topological polar surface area (TPSA) is 68.5 Å².